The largest absolute Gasteiger partial charge is 0.497 e. The maximum Gasteiger partial charge on any atom is 0.223 e. The van der Waals surface area contributed by atoms with Crippen molar-refractivity contribution in [3.8, 4) is 11.5 Å². The summed E-state index contributed by atoms with van der Waals surface area (Å²) in [5.41, 5.74) is 4.17. The molecule has 3 aromatic rings. The van der Waals surface area contributed by atoms with Crippen molar-refractivity contribution in [2.75, 3.05) is 14.2 Å². The smallest absolute Gasteiger partial charge is 0.223 e. The quantitative estimate of drug-likeness (QED) is 0.482. The summed E-state index contributed by atoms with van der Waals surface area (Å²) in [6, 6.07) is 17.7. The molecule has 0 aliphatic carbocycles. The minimum Gasteiger partial charge on any atom is -0.497 e. The topological polar surface area (TPSA) is 51.7 Å². The van der Waals surface area contributed by atoms with Gasteiger partial charge in [0.2, 0.25) is 5.91 Å². The number of benzene rings is 2. The van der Waals surface area contributed by atoms with E-state index < -0.39 is 0 Å². The van der Waals surface area contributed by atoms with Crippen LogP contribution in [0.2, 0.25) is 5.02 Å². The summed E-state index contributed by atoms with van der Waals surface area (Å²) in [4.78, 5) is 19.8. The summed E-state index contributed by atoms with van der Waals surface area (Å²) in [7, 11) is 3.25. The van der Waals surface area contributed by atoms with Crippen LogP contribution in [0.3, 0.4) is 0 Å². The number of amides is 1. The van der Waals surface area contributed by atoms with Crippen molar-refractivity contribution >= 4 is 17.5 Å². The van der Waals surface area contributed by atoms with Crippen LogP contribution in [0.1, 0.15) is 47.2 Å². The van der Waals surface area contributed by atoms with Gasteiger partial charge in [-0.2, -0.15) is 0 Å². The summed E-state index contributed by atoms with van der Waals surface area (Å²) in [5.74, 6) is 1.64. The molecule has 0 bridgehead atoms. The van der Waals surface area contributed by atoms with Gasteiger partial charge in [0.25, 0.3) is 0 Å². The van der Waals surface area contributed by atoms with E-state index in [1.807, 2.05) is 35.2 Å². The number of rotatable bonds is 6. The molecule has 2 atom stereocenters. The molecule has 0 spiro atoms. The first kappa shape index (κ1) is 22.2. The van der Waals surface area contributed by atoms with E-state index in [-0.39, 0.29) is 17.9 Å². The second-order valence-corrected chi connectivity index (χ2v) is 8.54. The van der Waals surface area contributed by atoms with Gasteiger partial charge in [-0.15, -0.1) is 0 Å². The third-order valence-corrected chi connectivity index (χ3v) is 6.29. The lowest BCUT2D eigenvalue weighted by Crippen LogP contribution is -2.42. The van der Waals surface area contributed by atoms with Crippen molar-refractivity contribution in [1.82, 2.24) is 9.88 Å². The average Bonchev–Trinajstić information content (AvgIpc) is 2.81. The van der Waals surface area contributed by atoms with Crippen molar-refractivity contribution < 1.29 is 14.3 Å². The summed E-state index contributed by atoms with van der Waals surface area (Å²) < 4.78 is 10.9. The lowest BCUT2D eigenvalue weighted by molar-refractivity contribution is -0.138. The Bertz CT molecular complexity index is 1100. The molecule has 1 amide bonds. The summed E-state index contributed by atoms with van der Waals surface area (Å²) >= 11 is 6.12. The second-order valence-electron chi connectivity index (χ2n) is 8.10. The maximum atomic E-state index is 13.2. The van der Waals surface area contributed by atoms with Crippen molar-refractivity contribution in [2.24, 2.45) is 0 Å². The Balaban J connectivity index is 1.77. The highest BCUT2D eigenvalue weighted by molar-refractivity contribution is 6.30. The van der Waals surface area contributed by atoms with Gasteiger partial charge < -0.3 is 14.4 Å². The van der Waals surface area contributed by atoms with E-state index in [1.165, 1.54) is 11.1 Å². The molecule has 4 rings (SSSR count). The maximum absolute atomic E-state index is 13.2. The minimum absolute atomic E-state index is 0.105. The van der Waals surface area contributed by atoms with Crippen LogP contribution in [0.15, 0.2) is 60.8 Å². The van der Waals surface area contributed by atoms with Gasteiger partial charge in [-0.25, -0.2) is 0 Å². The molecule has 6 heteroatoms. The van der Waals surface area contributed by atoms with Gasteiger partial charge in [0.1, 0.15) is 11.5 Å². The number of ether oxygens (including phenoxy) is 2. The highest BCUT2D eigenvalue weighted by Gasteiger charge is 2.38. The Kier molecular flexibility index (Phi) is 6.66. The lowest BCUT2D eigenvalue weighted by atomic mass is 9.80. The molecule has 0 N–H and O–H groups in total. The summed E-state index contributed by atoms with van der Waals surface area (Å²) in [6.45, 7) is 2.51. The van der Waals surface area contributed by atoms with Gasteiger partial charge in [0.15, 0.2) is 0 Å². The number of carbonyl (C=O) groups excluding carboxylic acids is 1. The number of methoxy groups -OCH3 is 2. The molecule has 1 aliphatic heterocycles. The molecular weight excluding hydrogens is 424 g/mol. The molecule has 2 heterocycles. The summed E-state index contributed by atoms with van der Waals surface area (Å²) in [5, 5.41) is 0.575. The fourth-order valence-corrected chi connectivity index (χ4v) is 4.59. The zero-order chi connectivity index (χ0) is 22.7. The van der Waals surface area contributed by atoms with Crippen LogP contribution >= 0.6 is 11.6 Å². The number of pyridine rings is 1. The number of hydrogen-bond donors (Lipinski definition) is 0. The predicted molar refractivity (Wildman–Crippen MR) is 125 cm³/mol. The van der Waals surface area contributed by atoms with E-state index in [0.29, 0.717) is 29.5 Å². The molecule has 0 saturated carbocycles. The van der Waals surface area contributed by atoms with Crippen LogP contribution in [0, 0.1) is 6.92 Å². The molecule has 5 nitrogen and oxygen atoms in total. The number of likely N-dealkylation sites (tertiary alicyclic amines) is 1. The molecular formula is C26H27ClN2O3. The Hall–Kier alpha value is -3.05. The zero-order valence-electron chi connectivity index (χ0n) is 18.5. The molecule has 0 radical (unpaired) electrons. The van der Waals surface area contributed by atoms with E-state index in [4.69, 9.17) is 21.1 Å². The fraction of sp³-hybridized carbons (Fsp3) is 0.308. The van der Waals surface area contributed by atoms with E-state index in [2.05, 4.69) is 36.2 Å². The number of carbonyl (C=O) groups is 1. The van der Waals surface area contributed by atoms with Crippen LogP contribution in [0.25, 0.3) is 0 Å². The summed E-state index contributed by atoms with van der Waals surface area (Å²) in [6.07, 6.45) is 2.91. The molecule has 1 aromatic heterocycles. The lowest BCUT2D eigenvalue weighted by Gasteiger charge is -2.41. The van der Waals surface area contributed by atoms with Gasteiger partial charge in [-0.1, -0.05) is 41.4 Å². The molecule has 2 aromatic carbocycles. The standard InChI is InChI=1S/C26H27ClN2O3/c1-17-5-4-6-18(13-17)22-10-12-25(30)29(26(22)23-11-8-20(27)15-28-23)16-19-7-9-21(31-2)14-24(19)32-3/h4-9,11,13-15,22,26H,10,12,16H2,1-3H3/t22-,26+/m1/s1. The van der Waals surface area contributed by atoms with E-state index in [0.717, 1.165) is 17.7 Å². The van der Waals surface area contributed by atoms with Crippen LogP contribution in [0.4, 0.5) is 0 Å². The number of aromatic nitrogens is 1. The fourth-order valence-electron chi connectivity index (χ4n) is 4.48. The average molecular weight is 451 g/mol. The van der Waals surface area contributed by atoms with Gasteiger partial charge >= 0.3 is 0 Å². The number of aryl methyl sites for hydroxylation is 1. The Labute approximate surface area is 193 Å². The van der Waals surface area contributed by atoms with Crippen LogP contribution in [0.5, 0.6) is 11.5 Å². The van der Waals surface area contributed by atoms with Crippen LogP contribution < -0.4 is 9.47 Å². The van der Waals surface area contributed by atoms with Crippen molar-refractivity contribution in [3.05, 3.63) is 88.2 Å². The normalized spacial score (nSPS) is 18.5. The first-order chi connectivity index (χ1) is 15.5. The first-order valence-corrected chi connectivity index (χ1v) is 11.1. The Morgan fingerprint density at radius 3 is 2.62 bits per heavy atom. The van der Waals surface area contributed by atoms with E-state index >= 15 is 0 Å². The number of hydrogen-bond acceptors (Lipinski definition) is 4. The Morgan fingerprint density at radius 2 is 1.94 bits per heavy atom. The number of halogens is 1. The van der Waals surface area contributed by atoms with Crippen molar-refractivity contribution in [2.45, 2.75) is 38.3 Å². The minimum atomic E-state index is -0.206. The third kappa shape index (κ3) is 4.58. The third-order valence-electron chi connectivity index (χ3n) is 6.06. The molecule has 1 fully saturated rings. The van der Waals surface area contributed by atoms with Crippen LogP contribution in [-0.2, 0) is 11.3 Å². The zero-order valence-corrected chi connectivity index (χ0v) is 19.3. The molecule has 1 saturated heterocycles. The second kappa shape index (κ2) is 9.61. The SMILES string of the molecule is COc1ccc(CN2C(=O)CC[C@H](c3cccc(C)c3)[C@H]2c2ccc(Cl)cn2)c(OC)c1. The predicted octanol–water partition coefficient (Wildman–Crippen LogP) is 5.71. The molecule has 166 valence electrons. The van der Waals surface area contributed by atoms with E-state index in [1.54, 1.807) is 20.4 Å². The highest BCUT2D eigenvalue weighted by atomic mass is 35.5. The van der Waals surface area contributed by atoms with Crippen molar-refractivity contribution in [1.29, 1.82) is 0 Å². The number of piperidine rings is 1. The van der Waals surface area contributed by atoms with E-state index in [9.17, 15) is 4.79 Å². The molecule has 0 unspecified atom stereocenters. The van der Waals surface area contributed by atoms with Crippen LogP contribution in [-0.4, -0.2) is 30.0 Å². The monoisotopic (exact) mass is 450 g/mol. The van der Waals surface area contributed by atoms with Gasteiger partial charge in [-0.3, -0.25) is 9.78 Å². The van der Waals surface area contributed by atoms with Gasteiger partial charge in [-0.05, 0) is 43.2 Å². The van der Waals surface area contributed by atoms with Crippen molar-refractivity contribution in [3.63, 3.8) is 0 Å². The number of nitrogens with zero attached hydrogens (tertiary/aromatic N) is 2. The molecule has 1 aliphatic rings. The highest BCUT2D eigenvalue weighted by Crippen LogP contribution is 2.44. The Morgan fingerprint density at radius 1 is 1.09 bits per heavy atom. The first-order valence-electron chi connectivity index (χ1n) is 10.7. The molecule has 32 heavy (non-hydrogen) atoms. The van der Waals surface area contributed by atoms with Gasteiger partial charge in [0, 0.05) is 30.2 Å². The van der Waals surface area contributed by atoms with Gasteiger partial charge in [0.05, 0.1) is 37.5 Å².